The highest BCUT2D eigenvalue weighted by molar-refractivity contribution is 6.31. The highest BCUT2D eigenvalue weighted by atomic mass is 35.5. The number of nitrogens with zero attached hydrogens (tertiary/aromatic N) is 1. The Kier molecular flexibility index (Phi) is 5.70. The van der Waals surface area contributed by atoms with Gasteiger partial charge in [-0.15, -0.1) is 0 Å². The third-order valence-electron chi connectivity index (χ3n) is 4.62. The molecule has 1 fully saturated rings. The van der Waals surface area contributed by atoms with Gasteiger partial charge in [0.25, 0.3) is 5.91 Å². The number of carbonyl (C=O) groups is 1. The van der Waals surface area contributed by atoms with Crippen molar-refractivity contribution in [2.45, 2.75) is 19.0 Å². The number of nitrogens with one attached hydrogen (secondary N) is 2. The van der Waals surface area contributed by atoms with Gasteiger partial charge in [0, 0.05) is 25.8 Å². The molecule has 8 heteroatoms. The smallest absolute Gasteiger partial charge is 0.257 e. The Labute approximate surface area is 161 Å². The molecule has 0 bridgehead atoms. The first-order chi connectivity index (χ1) is 12.9. The van der Waals surface area contributed by atoms with Crippen molar-refractivity contribution in [2.24, 2.45) is 0 Å². The van der Waals surface area contributed by atoms with Crippen molar-refractivity contribution in [3.05, 3.63) is 46.7 Å². The molecule has 1 saturated heterocycles. The van der Waals surface area contributed by atoms with E-state index in [0.717, 1.165) is 0 Å². The number of hydrogen-bond donors (Lipinski definition) is 3. The van der Waals surface area contributed by atoms with Crippen molar-refractivity contribution in [2.75, 3.05) is 41.4 Å². The molecule has 4 N–H and O–H groups in total. The third-order valence-corrected chi connectivity index (χ3v) is 4.91. The molecule has 27 heavy (non-hydrogen) atoms. The fraction of sp³-hybridized carbons (Fsp3) is 0.316. The van der Waals surface area contributed by atoms with Crippen LogP contribution in [0.3, 0.4) is 0 Å². The highest BCUT2D eigenvalue weighted by Gasteiger charge is 2.24. The minimum Gasteiger partial charge on any atom is -0.397 e. The standard InChI is InChI=1S/C19H21ClF2N4O/c1-24-17-10-18(26-6-4-11(21)5-7-26)13(9-16(17)23)19(27)25-12-2-3-15(22)14(20)8-12/h2-3,8-11,24H,4-7,23H2,1H3,(H,25,27). The van der Waals surface area contributed by atoms with E-state index in [9.17, 15) is 13.6 Å². The van der Waals surface area contributed by atoms with Gasteiger partial charge in [-0.3, -0.25) is 4.79 Å². The van der Waals surface area contributed by atoms with E-state index in [-0.39, 0.29) is 5.02 Å². The lowest BCUT2D eigenvalue weighted by Crippen LogP contribution is -2.35. The molecular weight excluding hydrogens is 374 g/mol. The Morgan fingerprint density at radius 1 is 1.26 bits per heavy atom. The number of benzene rings is 2. The van der Waals surface area contributed by atoms with Gasteiger partial charge < -0.3 is 21.3 Å². The van der Waals surface area contributed by atoms with Crippen LogP contribution >= 0.6 is 11.6 Å². The summed E-state index contributed by atoms with van der Waals surface area (Å²) in [6.07, 6.45) is -0.000603. The summed E-state index contributed by atoms with van der Waals surface area (Å²) < 4.78 is 26.8. The maximum absolute atomic E-state index is 13.5. The second-order valence-corrected chi connectivity index (χ2v) is 6.86. The van der Waals surface area contributed by atoms with Gasteiger partial charge in [-0.1, -0.05) is 11.6 Å². The number of alkyl halides is 1. The number of amides is 1. The summed E-state index contributed by atoms with van der Waals surface area (Å²) in [6, 6.07) is 7.33. The fourth-order valence-electron chi connectivity index (χ4n) is 3.13. The van der Waals surface area contributed by atoms with Gasteiger partial charge in [0.05, 0.1) is 27.6 Å². The summed E-state index contributed by atoms with van der Waals surface area (Å²) in [4.78, 5) is 14.8. The maximum atomic E-state index is 13.5. The number of carbonyl (C=O) groups excluding carboxylic acids is 1. The lowest BCUT2D eigenvalue weighted by atomic mass is 10.0. The molecule has 0 aliphatic carbocycles. The molecule has 1 aliphatic rings. The Balaban J connectivity index is 1.93. The molecule has 2 aromatic carbocycles. The third kappa shape index (κ3) is 4.24. The topological polar surface area (TPSA) is 70.4 Å². The molecule has 0 radical (unpaired) electrons. The summed E-state index contributed by atoms with van der Waals surface area (Å²) in [5.41, 5.74) is 8.55. The number of nitrogen functional groups attached to an aromatic ring is 1. The first-order valence-electron chi connectivity index (χ1n) is 8.65. The van der Waals surface area contributed by atoms with E-state index in [4.69, 9.17) is 17.3 Å². The van der Waals surface area contributed by atoms with Gasteiger partial charge in [0.1, 0.15) is 12.0 Å². The number of halogens is 3. The van der Waals surface area contributed by atoms with E-state index in [2.05, 4.69) is 10.6 Å². The SMILES string of the molecule is CNc1cc(N2CCC(F)CC2)c(C(=O)Nc2ccc(F)c(Cl)c2)cc1N. The van der Waals surface area contributed by atoms with Crippen molar-refractivity contribution < 1.29 is 13.6 Å². The van der Waals surface area contributed by atoms with Gasteiger partial charge in [-0.05, 0) is 43.2 Å². The van der Waals surface area contributed by atoms with Crippen LogP contribution < -0.4 is 21.3 Å². The van der Waals surface area contributed by atoms with E-state index in [1.54, 1.807) is 19.2 Å². The zero-order valence-electron chi connectivity index (χ0n) is 14.9. The maximum Gasteiger partial charge on any atom is 0.257 e. The van der Waals surface area contributed by atoms with Crippen molar-refractivity contribution >= 4 is 40.3 Å². The average molecular weight is 395 g/mol. The van der Waals surface area contributed by atoms with Gasteiger partial charge in [0.15, 0.2) is 0 Å². The molecule has 3 rings (SSSR count). The van der Waals surface area contributed by atoms with E-state index < -0.39 is 17.9 Å². The number of hydrogen-bond acceptors (Lipinski definition) is 4. The van der Waals surface area contributed by atoms with Gasteiger partial charge >= 0.3 is 0 Å². The highest BCUT2D eigenvalue weighted by Crippen LogP contribution is 2.33. The van der Waals surface area contributed by atoms with E-state index in [0.29, 0.717) is 54.2 Å². The van der Waals surface area contributed by atoms with Crippen molar-refractivity contribution in [3.8, 4) is 0 Å². The molecule has 0 saturated carbocycles. The number of rotatable bonds is 4. The fourth-order valence-corrected chi connectivity index (χ4v) is 3.31. The minimum atomic E-state index is -0.822. The normalized spacial score (nSPS) is 14.9. The summed E-state index contributed by atoms with van der Waals surface area (Å²) in [7, 11) is 1.74. The zero-order valence-corrected chi connectivity index (χ0v) is 15.6. The predicted molar refractivity (Wildman–Crippen MR) is 106 cm³/mol. The molecule has 0 unspecified atom stereocenters. The average Bonchev–Trinajstić information content (AvgIpc) is 2.65. The van der Waals surface area contributed by atoms with Crippen LogP contribution in [-0.2, 0) is 0 Å². The van der Waals surface area contributed by atoms with Crippen LogP contribution in [0.4, 0.5) is 31.5 Å². The van der Waals surface area contributed by atoms with Crippen molar-refractivity contribution in [3.63, 3.8) is 0 Å². The number of anilines is 4. The lowest BCUT2D eigenvalue weighted by Gasteiger charge is -2.32. The van der Waals surface area contributed by atoms with Crippen LogP contribution in [-0.4, -0.2) is 32.2 Å². The molecule has 5 nitrogen and oxygen atoms in total. The second-order valence-electron chi connectivity index (χ2n) is 6.45. The first-order valence-corrected chi connectivity index (χ1v) is 9.03. The Morgan fingerprint density at radius 2 is 1.96 bits per heavy atom. The van der Waals surface area contributed by atoms with Gasteiger partial charge in [0.2, 0.25) is 0 Å². The predicted octanol–water partition coefficient (Wildman–Crippen LogP) is 4.29. The van der Waals surface area contributed by atoms with Crippen LogP contribution in [0.15, 0.2) is 30.3 Å². The lowest BCUT2D eigenvalue weighted by molar-refractivity contribution is 0.102. The zero-order chi connectivity index (χ0) is 19.6. The number of nitrogens with two attached hydrogens (primary N) is 1. The van der Waals surface area contributed by atoms with E-state index in [1.807, 2.05) is 4.90 Å². The van der Waals surface area contributed by atoms with Crippen LogP contribution in [0.5, 0.6) is 0 Å². The molecular formula is C19H21ClF2N4O. The van der Waals surface area contributed by atoms with Gasteiger partial charge in [-0.2, -0.15) is 0 Å². The summed E-state index contributed by atoms with van der Waals surface area (Å²) >= 11 is 5.78. The van der Waals surface area contributed by atoms with Crippen LogP contribution in [0.2, 0.25) is 5.02 Å². The molecule has 1 aliphatic heterocycles. The second kappa shape index (κ2) is 8.00. The van der Waals surface area contributed by atoms with Crippen LogP contribution in [0.25, 0.3) is 0 Å². The van der Waals surface area contributed by atoms with Crippen molar-refractivity contribution in [1.82, 2.24) is 0 Å². The van der Waals surface area contributed by atoms with Crippen LogP contribution in [0, 0.1) is 5.82 Å². The van der Waals surface area contributed by atoms with E-state index >= 15 is 0 Å². The Hall–Kier alpha value is -2.54. The Morgan fingerprint density at radius 3 is 2.59 bits per heavy atom. The number of piperidine rings is 1. The summed E-state index contributed by atoms with van der Waals surface area (Å²) in [6.45, 7) is 1.02. The van der Waals surface area contributed by atoms with E-state index in [1.165, 1.54) is 18.2 Å². The van der Waals surface area contributed by atoms with Crippen LogP contribution in [0.1, 0.15) is 23.2 Å². The van der Waals surface area contributed by atoms with Gasteiger partial charge in [-0.25, -0.2) is 8.78 Å². The first kappa shape index (κ1) is 19.2. The molecule has 1 heterocycles. The summed E-state index contributed by atoms with van der Waals surface area (Å²) in [5.74, 6) is -0.962. The van der Waals surface area contributed by atoms with Crippen molar-refractivity contribution in [1.29, 1.82) is 0 Å². The largest absolute Gasteiger partial charge is 0.397 e. The quantitative estimate of drug-likeness (QED) is 0.676. The molecule has 144 valence electrons. The molecule has 2 aromatic rings. The minimum absolute atomic E-state index is 0.0805. The Bertz CT molecular complexity index is 854. The molecule has 0 aromatic heterocycles. The monoisotopic (exact) mass is 394 g/mol. The molecule has 1 amide bonds. The molecule has 0 spiro atoms. The summed E-state index contributed by atoms with van der Waals surface area (Å²) in [5, 5.41) is 5.63. The molecule has 0 atom stereocenters.